The monoisotopic (exact) mass is 402 g/mol. The summed E-state index contributed by atoms with van der Waals surface area (Å²) in [4.78, 5) is 23.5. The van der Waals surface area contributed by atoms with Gasteiger partial charge in [-0.15, -0.1) is 0 Å². The van der Waals surface area contributed by atoms with E-state index in [9.17, 15) is 9.90 Å². The van der Waals surface area contributed by atoms with Gasteiger partial charge in [0.25, 0.3) is 5.91 Å². The van der Waals surface area contributed by atoms with E-state index in [2.05, 4.69) is 16.9 Å². The van der Waals surface area contributed by atoms with Crippen molar-refractivity contribution >= 4 is 17.3 Å². The molecule has 3 heterocycles. The molecule has 6 nitrogen and oxygen atoms in total. The number of anilines is 1. The average molecular weight is 402 g/mol. The number of amides is 1. The Labute approximate surface area is 176 Å². The molecule has 0 saturated heterocycles. The first-order valence-corrected chi connectivity index (χ1v) is 10.2. The van der Waals surface area contributed by atoms with Crippen molar-refractivity contribution in [1.82, 2.24) is 9.55 Å². The zero-order valence-corrected chi connectivity index (χ0v) is 17.8. The summed E-state index contributed by atoms with van der Waals surface area (Å²) in [6.45, 7) is 4.67. The van der Waals surface area contributed by atoms with E-state index in [0.717, 1.165) is 40.9 Å². The molecule has 1 aliphatic rings. The highest BCUT2D eigenvalue weighted by molar-refractivity contribution is 6.30. The number of benzene rings is 1. The van der Waals surface area contributed by atoms with Gasteiger partial charge in [0.05, 0.1) is 22.5 Å². The number of carbonyl (C=O) groups excluding carboxylic acids is 1. The summed E-state index contributed by atoms with van der Waals surface area (Å²) in [5.41, 5.74) is 5.95. The molecule has 1 amide bonds. The number of fused-ring (bicyclic) bond motifs is 1. The lowest BCUT2D eigenvalue weighted by molar-refractivity contribution is 0.101. The van der Waals surface area contributed by atoms with Crippen molar-refractivity contribution in [3.8, 4) is 17.1 Å². The molecule has 0 spiro atoms. The highest BCUT2D eigenvalue weighted by Crippen LogP contribution is 2.41. The van der Waals surface area contributed by atoms with E-state index in [-0.39, 0.29) is 11.8 Å². The maximum Gasteiger partial charge on any atom is 0.280 e. The topological polar surface area (TPSA) is 70.7 Å². The van der Waals surface area contributed by atoms with Crippen molar-refractivity contribution < 1.29 is 9.90 Å². The van der Waals surface area contributed by atoms with Gasteiger partial charge in [-0.05, 0) is 42.7 Å². The Hall–Kier alpha value is -3.41. The number of aromatic nitrogens is 2. The lowest BCUT2D eigenvalue weighted by Crippen LogP contribution is -2.08. The molecule has 0 atom stereocenters. The number of pyridine rings is 1. The summed E-state index contributed by atoms with van der Waals surface area (Å²) in [6, 6.07) is 9.87. The number of aryl methyl sites for hydroxylation is 1. The number of rotatable bonds is 6. The van der Waals surface area contributed by atoms with Crippen LogP contribution in [0, 0.1) is 6.92 Å². The zero-order chi connectivity index (χ0) is 21.4. The summed E-state index contributed by atoms with van der Waals surface area (Å²) in [6.07, 6.45) is 5.31. The van der Waals surface area contributed by atoms with E-state index >= 15 is 0 Å². The molecule has 3 aromatic rings. The Morgan fingerprint density at radius 1 is 1.10 bits per heavy atom. The van der Waals surface area contributed by atoms with Crippen molar-refractivity contribution in [3.05, 3.63) is 65.0 Å². The number of hydrogen-bond donors (Lipinski definition) is 1. The van der Waals surface area contributed by atoms with Crippen LogP contribution in [-0.4, -0.2) is 40.4 Å². The average Bonchev–Trinajstić information content (AvgIpc) is 3.22. The van der Waals surface area contributed by atoms with Gasteiger partial charge in [-0.25, -0.2) is 4.99 Å². The molecular formula is C24H26N4O2. The predicted molar refractivity (Wildman–Crippen MR) is 120 cm³/mol. The second-order valence-electron chi connectivity index (χ2n) is 7.82. The molecule has 0 bridgehead atoms. The summed E-state index contributed by atoms with van der Waals surface area (Å²) < 4.78 is 1.86. The molecule has 0 aliphatic carbocycles. The third-order valence-electron chi connectivity index (χ3n) is 5.57. The summed E-state index contributed by atoms with van der Waals surface area (Å²) in [5.74, 6) is -0.209. The normalized spacial score (nSPS) is 12.8. The first kappa shape index (κ1) is 19.9. The Morgan fingerprint density at radius 3 is 2.47 bits per heavy atom. The lowest BCUT2D eigenvalue weighted by Gasteiger charge is -2.15. The van der Waals surface area contributed by atoms with Crippen LogP contribution in [-0.2, 0) is 6.54 Å². The van der Waals surface area contributed by atoms with E-state index in [1.165, 1.54) is 0 Å². The van der Waals surface area contributed by atoms with Crippen molar-refractivity contribution in [2.45, 2.75) is 33.2 Å². The van der Waals surface area contributed by atoms with Gasteiger partial charge in [-0.3, -0.25) is 9.78 Å². The highest BCUT2D eigenvalue weighted by atomic mass is 16.3. The molecule has 0 saturated carbocycles. The highest BCUT2D eigenvalue weighted by Gasteiger charge is 2.36. The number of nitrogens with zero attached hydrogens (tertiary/aromatic N) is 4. The van der Waals surface area contributed by atoms with Crippen LogP contribution >= 0.6 is 0 Å². The minimum atomic E-state index is -0.312. The first-order valence-electron chi connectivity index (χ1n) is 10.2. The van der Waals surface area contributed by atoms with Crippen molar-refractivity contribution in [2.24, 2.45) is 4.99 Å². The van der Waals surface area contributed by atoms with E-state index in [1.54, 1.807) is 12.4 Å². The number of hydrogen-bond acceptors (Lipinski definition) is 4. The fourth-order valence-electron chi connectivity index (χ4n) is 3.94. The van der Waals surface area contributed by atoms with E-state index in [1.807, 2.05) is 60.8 Å². The molecule has 0 fully saturated rings. The molecule has 154 valence electrons. The fraction of sp³-hybridized carbons (Fsp3) is 0.292. The second-order valence-corrected chi connectivity index (χ2v) is 7.82. The number of aliphatic imine (C=N–C) groups is 1. The van der Waals surface area contributed by atoms with Crippen LogP contribution in [0.15, 0.2) is 47.7 Å². The number of unbranched alkanes of at least 4 members (excludes halogenated alkanes) is 1. The molecule has 1 N–H and O–H groups in total. The van der Waals surface area contributed by atoms with Gasteiger partial charge < -0.3 is 14.6 Å². The van der Waals surface area contributed by atoms with Crippen molar-refractivity contribution in [2.75, 3.05) is 19.0 Å². The minimum Gasteiger partial charge on any atom is -0.494 e. The largest absolute Gasteiger partial charge is 0.494 e. The SMILES string of the molecule is CCCCn1c(O)c2c(c1-c1ccc(N(C)C)cc1)C(=O)N=C2c1ccncc1C. The summed E-state index contributed by atoms with van der Waals surface area (Å²) in [5, 5.41) is 11.2. The number of aromatic hydroxyl groups is 1. The van der Waals surface area contributed by atoms with Crippen LogP contribution in [0.4, 0.5) is 5.69 Å². The van der Waals surface area contributed by atoms with Crippen LogP contribution in [0.5, 0.6) is 5.88 Å². The summed E-state index contributed by atoms with van der Waals surface area (Å²) in [7, 11) is 3.98. The standard InChI is InChI=1S/C24H26N4O2/c1-5-6-13-28-22(16-7-9-17(10-8-16)27(3)4)20-19(24(28)30)21(26-23(20)29)18-11-12-25-14-15(18)2/h7-12,14,30H,5-6,13H2,1-4H3. The molecule has 30 heavy (non-hydrogen) atoms. The molecule has 1 aliphatic heterocycles. The van der Waals surface area contributed by atoms with Gasteiger partial charge in [0.1, 0.15) is 0 Å². The van der Waals surface area contributed by atoms with E-state index in [4.69, 9.17) is 0 Å². The molecule has 2 aromatic heterocycles. The van der Waals surface area contributed by atoms with Gasteiger partial charge in [-0.2, -0.15) is 0 Å². The Bertz CT molecular complexity index is 1140. The van der Waals surface area contributed by atoms with Gasteiger partial charge >= 0.3 is 0 Å². The Morgan fingerprint density at radius 2 is 1.83 bits per heavy atom. The Balaban J connectivity index is 1.92. The maximum absolute atomic E-state index is 13.0. The molecular weight excluding hydrogens is 376 g/mol. The van der Waals surface area contributed by atoms with Crippen LogP contribution < -0.4 is 4.90 Å². The van der Waals surface area contributed by atoms with Crippen LogP contribution in [0.3, 0.4) is 0 Å². The third kappa shape index (κ3) is 3.18. The van der Waals surface area contributed by atoms with E-state index in [0.29, 0.717) is 23.4 Å². The zero-order valence-electron chi connectivity index (χ0n) is 17.8. The molecule has 6 heteroatoms. The van der Waals surface area contributed by atoms with Crippen LogP contribution in [0.25, 0.3) is 11.3 Å². The van der Waals surface area contributed by atoms with Crippen molar-refractivity contribution in [1.29, 1.82) is 0 Å². The first-order chi connectivity index (χ1) is 14.4. The predicted octanol–water partition coefficient (Wildman–Crippen LogP) is 4.42. The minimum absolute atomic E-state index is 0.103. The molecule has 0 unspecified atom stereocenters. The number of carbonyl (C=O) groups is 1. The maximum atomic E-state index is 13.0. The Kier molecular flexibility index (Phi) is 5.16. The molecule has 4 rings (SSSR count). The van der Waals surface area contributed by atoms with Gasteiger partial charge in [0, 0.05) is 44.3 Å². The fourth-order valence-corrected chi connectivity index (χ4v) is 3.94. The molecule has 0 radical (unpaired) electrons. The van der Waals surface area contributed by atoms with Crippen LogP contribution in [0.1, 0.15) is 46.8 Å². The lowest BCUT2D eigenvalue weighted by atomic mass is 9.98. The molecule has 1 aromatic carbocycles. The van der Waals surface area contributed by atoms with Crippen molar-refractivity contribution in [3.63, 3.8) is 0 Å². The van der Waals surface area contributed by atoms with Gasteiger partial charge in [0.15, 0.2) is 0 Å². The van der Waals surface area contributed by atoms with E-state index < -0.39 is 0 Å². The van der Waals surface area contributed by atoms with Gasteiger partial charge in [0.2, 0.25) is 5.88 Å². The quantitative estimate of drug-likeness (QED) is 0.662. The van der Waals surface area contributed by atoms with Crippen LogP contribution in [0.2, 0.25) is 0 Å². The summed E-state index contributed by atoms with van der Waals surface area (Å²) >= 11 is 0. The smallest absolute Gasteiger partial charge is 0.280 e. The third-order valence-corrected chi connectivity index (χ3v) is 5.57. The second kappa shape index (κ2) is 7.78. The van der Waals surface area contributed by atoms with Gasteiger partial charge in [-0.1, -0.05) is 25.5 Å².